The number of hydrogen-bond donors (Lipinski definition) is 1. The summed E-state index contributed by atoms with van der Waals surface area (Å²) in [6.45, 7) is 0.473. The van der Waals surface area contributed by atoms with Crippen molar-refractivity contribution in [3.63, 3.8) is 0 Å². The minimum atomic E-state index is -0.0180. The van der Waals surface area contributed by atoms with Gasteiger partial charge in [0.25, 0.3) is 5.56 Å². The molecule has 3 heterocycles. The van der Waals surface area contributed by atoms with Crippen molar-refractivity contribution in [2.75, 3.05) is 12.4 Å². The van der Waals surface area contributed by atoms with Crippen LogP contribution in [0.1, 0.15) is 5.56 Å². The van der Waals surface area contributed by atoms with Crippen molar-refractivity contribution in [1.82, 2.24) is 9.55 Å². The first-order chi connectivity index (χ1) is 11.7. The van der Waals surface area contributed by atoms with Crippen LogP contribution in [0.3, 0.4) is 0 Å². The van der Waals surface area contributed by atoms with E-state index in [4.69, 9.17) is 4.74 Å². The van der Waals surface area contributed by atoms with Crippen molar-refractivity contribution in [3.05, 3.63) is 64.6 Å². The predicted octanol–water partition coefficient (Wildman–Crippen LogP) is 3.05. The lowest BCUT2D eigenvalue weighted by molar-refractivity contribution is 0.290. The van der Waals surface area contributed by atoms with Gasteiger partial charge in [0.15, 0.2) is 0 Å². The average molecular weight is 319 g/mol. The number of pyridine rings is 2. The highest BCUT2D eigenvalue weighted by molar-refractivity contribution is 5.78. The summed E-state index contributed by atoms with van der Waals surface area (Å²) in [6.07, 6.45) is 1.78. The first-order valence-corrected chi connectivity index (χ1v) is 7.77. The maximum Gasteiger partial charge on any atom is 0.250 e. The fourth-order valence-electron chi connectivity index (χ4n) is 2.92. The van der Waals surface area contributed by atoms with E-state index in [2.05, 4.69) is 22.4 Å². The molecule has 0 radical (unpaired) electrons. The first kappa shape index (κ1) is 14.5. The van der Waals surface area contributed by atoms with Crippen LogP contribution in [0.4, 0.5) is 5.82 Å². The fraction of sp³-hybridized carbons (Fsp3) is 0.158. The second kappa shape index (κ2) is 5.53. The van der Waals surface area contributed by atoms with Gasteiger partial charge in [0.05, 0.1) is 0 Å². The highest BCUT2D eigenvalue weighted by Gasteiger charge is 2.19. The molecular formula is C19H17N3O2. The molecule has 2 aromatic heterocycles. The SMILES string of the molecule is CNc1ccc2c(n1)OCc1cc(-c3ccn(C)c(=O)c3)ccc1-2. The van der Waals surface area contributed by atoms with Crippen molar-refractivity contribution in [3.8, 4) is 28.1 Å². The summed E-state index contributed by atoms with van der Waals surface area (Å²) >= 11 is 0. The Bertz CT molecular complexity index is 992. The molecule has 120 valence electrons. The molecule has 24 heavy (non-hydrogen) atoms. The minimum Gasteiger partial charge on any atom is -0.472 e. The Morgan fingerprint density at radius 2 is 1.88 bits per heavy atom. The van der Waals surface area contributed by atoms with Crippen molar-refractivity contribution < 1.29 is 4.74 Å². The lowest BCUT2D eigenvalue weighted by Gasteiger charge is -2.21. The molecule has 0 bridgehead atoms. The molecule has 4 rings (SSSR count). The van der Waals surface area contributed by atoms with Crippen LogP contribution in [-0.2, 0) is 13.7 Å². The number of nitrogens with one attached hydrogen (secondary N) is 1. The Labute approximate surface area is 139 Å². The van der Waals surface area contributed by atoms with Crippen LogP contribution in [0.5, 0.6) is 5.88 Å². The molecule has 1 aliphatic rings. The summed E-state index contributed by atoms with van der Waals surface area (Å²) in [6, 6.07) is 13.7. The Kier molecular flexibility index (Phi) is 3.34. The zero-order chi connectivity index (χ0) is 16.7. The number of ether oxygens (including phenoxy) is 1. The van der Waals surface area contributed by atoms with E-state index in [1.165, 1.54) is 0 Å². The van der Waals surface area contributed by atoms with Gasteiger partial charge in [0, 0.05) is 31.9 Å². The number of hydrogen-bond acceptors (Lipinski definition) is 4. The van der Waals surface area contributed by atoms with E-state index in [0.717, 1.165) is 33.6 Å². The summed E-state index contributed by atoms with van der Waals surface area (Å²) in [5.74, 6) is 1.43. The van der Waals surface area contributed by atoms with Crippen molar-refractivity contribution in [2.45, 2.75) is 6.61 Å². The van der Waals surface area contributed by atoms with Gasteiger partial charge < -0.3 is 14.6 Å². The van der Waals surface area contributed by atoms with Gasteiger partial charge in [0.2, 0.25) is 5.88 Å². The zero-order valence-corrected chi connectivity index (χ0v) is 13.5. The highest BCUT2D eigenvalue weighted by Crippen LogP contribution is 2.38. The lowest BCUT2D eigenvalue weighted by Crippen LogP contribution is -2.14. The van der Waals surface area contributed by atoms with Crippen molar-refractivity contribution in [1.29, 1.82) is 0 Å². The summed E-state index contributed by atoms with van der Waals surface area (Å²) < 4.78 is 7.37. The van der Waals surface area contributed by atoms with E-state index < -0.39 is 0 Å². The molecule has 0 aliphatic carbocycles. The number of aromatic nitrogens is 2. The normalized spacial score (nSPS) is 12.1. The largest absolute Gasteiger partial charge is 0.472 e. The summed E-state index contributed by atoms with van der Waals surface area (Å²) in [5.41, 5.74) is 5.12. The number of aryl methyl sites for hydroxylation is 1. The molecule has 5 heteroatoms. The Morgan fingerprint density at radius 1 is 1.08 bits per heavy atom. The highest BCUT2D eigenvalue weighted by atomic mass is 16.5. The minimum absolute atomic E-state index is 0.0180. The van der Waals surface area contributed by atoms with Gasteiger partial charge in [0.1, 0.15) is 12.4 Å². The van der Waals surface area contributed by atoms with Gasteiger partial charge in [-0.1, -0.05) is 12.1 Å². The molecule has 5 nitrogen and oxygen atoms in total. The molecule has 0 saturated carbocycles. The van der Waals surface area contributed by atoms with E-state index in [0.29, 0.717) is 12.5 Å². The molecule has 0 unspecified atom stereocenters. The van der Waals surface area contributed by atoms with Crippen LogP contribution in [0.15, 0.2) is 53.5 Å². The third-order valence-corrected chi connectivity index (χ3v) is 4.31. The quantitative estimate of drug-likeness (QED) is 0.789. The molecule has 1 N–H and O–H groups in total. The van der Waals surface area contributed by atoms with E-state index in [9.17, 15) is 4.79 Å². The fourth-order valence-corrected chi connectivity index (χ4v) is 2.92. The summed E-state index contributed by atoms with van der Waals surface area (Å²) in [7, 11) is 3.58. The standard InChI is InChI=1S/C19H17N3O2/c1-20-17-6-5-16-15-4-3-12(9-14(15)11-24-19(16)21-17)13-7-8-22(2)18(23)10-13/h3-10H,11H2,1-2H3,(H,20,21). The molecular weight excluding hydrogens is 302 g/mol. The van der Waals surface area contributed by atoms with Gasteiger partial charge >= 0.3 is 0 Å². The Balaban J connectivity index is 1.79. The zero-order valence-electron chi connectivity index (χ0n) is 13.5. The van der Waals surface area contributed by atoms with Gasteiger partial charge in [-0.05, 0) is 46.5 Å². The second-order valence-electron chi connectivity index (χ2n) is 5.82. The second-order valence-corrected chi connectivity index (χ2v) is 5.82. The van der Waals surface area contributed by atoms with Crippen LogP contribution in [0, 0.1) is 0 Å². The lowest BCUT2D eigenvalue weighted by atomic mass is 9.95. The summed E-state index contributed by atoms with van der Waals surface area (Å²) in [5, 5.41) is 3.02. The summed E-state index contributed by atoms with van der Waals surface area (Å²) in [4.78, 5) is 16.3. The number of anilines is 1. The topological polar surface area (TPSA) is 56.2 Å². The van der Waals surface area contributed by atoms with Crippen molar-refractivity contribution in [2.24, 2.45) is 7.05 Å². The van der Waals surface area contributed by atoms with Gasteiger partial charge in [-0.15, -0.1) is 0 Å². The van der Waals surface area contributed by atoms with E-state index in [-0.39, 0.29) is 5.56 Å². The van der Waals surface area contributed by atoms with Crippen LogP contribution in [0.25, 0.3) is 22.3 Å². The maximum absolute atomic E-state index is 11.8. The number of nitrogens with zero attached hydrogens (tertiary/aromatic N) is 2. The van der Waals surface area contributed by atoms with E-state index in [1.54, 1.807) is 23.9 Å². The Hall–Kier alpha value is -3.08. The maximum atomic E-state index is 11.8. The van der Waals surface area contributed by atoms with E-state index >= 15 is 0 Å². The van der Waals surface area contributed by atoms with Crippen molar-refractivity contribution >= 4 is 5.82 Å². The third-order valence-electron chi connectivity index (χ3n) is 4.31. The van der Waals surface area contributed by atoms with Crippen LogP contribution >= 0.6 is 0 Å². The predicted molar refractivity (Wildman–Crippen MR) is 94.2 cm³/mol. The van der Waals surface area contributed by atoms with Gasteiger partial charge in [-0.2, -0.15) is 4.98 Å². The van der Waals surface area contributed by atoms with Crippen LogP contribution in [-0.4, -0.2) is 16.6 Å². The Morgan fingerprint density at radius 3 is 2.67 bits per heavy atom. The average Bonchev–Trinajstić information content (AvgIpc) is 2.62. The van der Waals surface area contributed by atoms with Crippen LogP contribution < -0.4 is 15.6 Å². The molecule has 0 spiro atoms. The molecule has 0 saturated heterocycles. The molecule has 1 aliphatic heterocycles. The number of fused-ring (bicyclic) bond motifs is 3. The third kappa shape index (κ3) is 2.34. The van der Waals surface area contributed by atoms with E-state index in [1.807, 2.05) is 31.3 Å². The van der Waals surface area contributed by atoms with Gasteiger partial charge in [-0.25, -0.2) is 0 Å². The molecule has 3 aromatic rings. The number of rotatable bonds is 2. The molecule has 0 fully saturated rings. The van der Waals surface area contributed by atoms with Gasteiger partial charge in [-0.3, -0.25) is 4.79 Å². The monoisotopic (exact) mass is 319 g/mol. The smallest absolute Gasteiger partial charge is 0.250 e. The molecule has 0 amide bonds. The number of benzene rings is 1. The molecule has 0 atom stereocenters. The molecule has 1 aromatic carbocycles. The van der Waals surface area contributed by atoms with Crippen LogP contribution in [0.2, 0.25) is 0 Å². The first-order valence-electron chi connectivity index (χ1n) is 7.77.